The van der Waals surface area contributed by atoms with Gasteiger partial charge in [-0.25, -0.2) is 4.79 Å². The number of esters is 1. The first-order valence-corrected chi connectivity index (χ1v) is 7.54. The Hall–Kier alpha value is -1.15. The van der Waals surface area contributed by atoms with Gasteiger partial charge in [-0.1, -0.05) is 0 Å². The van der Waals surface area contributed by atoms with Crippen LogP contribution in [0.3, 0.4) is 0 Å². The molecule has 1 aromatic rings. The van der Waals surface area contributed by atoms with Gasteiger partial charge >= 0.3 is 5.97 Å². The highest BCUT2D eigenvalue weighted by Crippen LogP contribution is 2.10. The van der Waals surface area contributed by atoms with E-state index in [1.807, 2.05) is 12.1 Å². The van der Waals surface area contributed by atoms with Gasteiger partial charge in [0.05, 0.1) is 11.7 Å². The van der Waals surface area contributed by atoms with Crippen molar-refractivity contribution in [2.45, 2.75) is 18.9 Å². The Morgan fingerprint density at radius 3 is 2.75 bits per heavy atom. The topological polar surface area (TPSA) is 64.6 Å². The third kappa shape index (κ3) is 4.75. The van der Waals surface area contributed by atoms with E-state index in [9.17, 15) is 9.59 Å². The average Bonchev–Trinajstić information content (AvgIpc) is 2.96. The van der Waals surface area contributed by atoms with Crippen LogP contribution < -0.4 is 5.32 Å². The molecule has 5 nitrogen and oxygen atoms in total. The number of rotatable bonds is 5. The largest absolute Gasteiger partial charge is 0.452 e. The second kappa shape index (κ2) is 7.58. The van der Waals surface area contributed by atoms with Gasteiger partial charge < -0.3 is 14.8 Å². The summed E-state index contributed by atoms with van der Waals surface area (Å²) in [5, 5.41) is 2.70. The number of hydrogen-bond donors (Lipinski definition) is 1. The Labute approximate surface area is 131 Å². The van der Waals surface area contributed by atoms with Gasteiger partial charge in [0.1, 0.15) is 0 Å². The third-order valence-corrected chi connectivity index (χ3v) is 3.68. The summed E-state index contributed by atoms with van der Waals surface area (Å²) in [6.07, 6.45) is 2.08. The summed E-state index contributed by atoms with van der Waals surface area (Å²) in [4.78, 5) is 23.2. The fourth-order valence-electron chi connectivity index (χ4n) is 1.88. The first kappa shape index (κ1) is 15.2. The van der Waals surface area contributed by atoms with Crippen molar-refractivity contribution in [1.29, 1.82) is 0 Å². The van der Waals surface area contributed by atoms with Crippen LogP contribution >= 0.6 is 22.6 Å². The Kier molecular flexibility index (Phi) is 5.78. The number of hydrogen-bond acceptors (Lipinski definition) is 4. The summed E-state index contributed by atoms with van der Waals surface area (Å²) in [6, 6.07) is 6.98. The summed E-state index contributed by atoms with van der Waals surface area (Å²) < 4.78 is 11.4. The molecule has 20 heavy (non-hydrogen) atoms. The summed E-state index contributed by atoms with van der Waals surface area (Å²) >= 11 is 2.15. The van der Waals surface area contributed by atoms with Crippen LogP contribution in [0.4, 0.5) is 0 Å². The van der Waals surface area contributed by atoms with Crippen LogP contribution in [0.25, 0.3) is 0 Å². The van der Waals surface area contributed by atoms with Gasteiger partial charge in [-0.15, -0.1) is 0 Å². The molecule has 1 aliphatic rings. The predicted molar refractivity (Wildman–Crippen MR) is 81.4 cm³/mol. The predicted octanol–water partition coefficient (Wildman–Crippen LogP) is 1.74. The summed E-state index contributed by atoms with van der Waals surface area (Å²) in [5.41, 5.74) is 0.442. The molecule has 1 heterocycles. The van der Waals surface area contributed by atoms with Gasteiger partial charge in [0.15, 0.2) is 6.61 Å². The van der Waals surface area contributed by atoms with E-state index in [1.54, 1.807) is 12.1 Å². The van der Waals surface area contributed by atoms with Crippen molar-refractivity contribution in [3.63, 3.8) is 0 Å². The molecule has 0 saturated carbocycles. The van der Waals surface area contributed by atoms with Crippen LogP contribution in [0.1, 0.15) is 23.2 Å². The lowest BCUT2D eigenvalue weighted by Crippen LogP contribution is -2.34. The van der Waals surface area contributed by atoms with E-state index in [4.69, 9.17) is 9.47 Å². The molecule has 2 rings (SSSR count). The molecule has 1 aliphatic heterocycles. The number of halogens is 1. The zero-order valence-electron chi connectivity index (χ0n) is 10.9. The Morgan fingerprint density at radius 2 is 2.10 bits per heavy atom. The number of amides is 1. The number of ether oxygens (including phenoxy) is 2. The molecule has 1 fully saturated rings. The highest BCUT2D eigenvalue weighted by atomic mass is 127. The Balaban J connectivity index is 1.69. The molecule has 1 atom stereocenters. The van der Waals surface area contributed by atoms with Gasteiger partial charge in [0.25, 0.3) is 5.91 Å². The fourth-order valence-corrected chi connectivity index (χ4v) is 2.24. The number of benzene rings is 1. The molecule has 0 unspecified atom stereocenters. The zero-order chi connectivity index (χ0) is 14.4. The van der Waals surface area contributed by atoms with E-state index < -0.39 is 5.97 Å². The molecule has 0 spiro atoms. The first-order valence-electron chi connectivity index (χ1n) is 6.46. The molecule has 1 saturated heterocycles. The third-order valence-electron chi connectivity index (χ3n) is 2.97. The molecule has 1 amide bonds. The van der Waals surface area contributed by atoms with E-state index in [1.165, 1.54) is 0 Å². The second-order valence-corrected chi connectivity index (χ2v) is 5.77. The maximum absolute atomic E-state index is 11.7. The fraction of sp³-hybridized carbons (Fsp3) is 0.429. The summed E-state index contributed by atoms with van der Waals surface area (Å²) in [5.74, 6) is -0.798. The molecular weight excluding hydrogens is 373 g/mol. The second-order valence-electron chi connectivity index (χ2n) is 4.52. The minimum Gasteiger partial charge on any atom is -0.452 e. The van der Waals surface area contributed by atoms with E-state index in [2.05, 4.69) is 27.9 Å². The quantitative estimate of drug-likeness (QED) is 0.616. The molecule has 6 heteroatoms. The van der Waals surface area contributed by atoms with Crippen molar-refractivity contribution >= 4 is 34.5 Å². The van der Waals surface area contributed by atoms with Gasteiger partial charge in [-0.05, 0) is 59.7 Å². The van der Waals surface area contributed by atoms with Crippen molar-refractivity contribution < 1.29 is 19.1 Å². The van der Waals surface area contributed by atoms with Crippen LogP contribution in [-0.2, 0) is 14.3 Å². The van der Waals surface area contributed by atoms with Crippen LogP contribution in [0, 0.1) is 3.57 Å². The Morgan fingerprint density at radius 1 is 1.35 bits per heavy atom. The van der Waals surface area contributed by atoms with Crippen LogP contribution in [0.2, 0.25) is 0 Å². The molecule has 1 aromatic carbocycles. The van der Waals surface area contributed by atoms with Crippen molar-refractivity contribution in [3.8, 4) is 0 Å². The highest BCUT2D eigenvalue weighted by Gasteiger charge is 2.16. The maximum Gasteiger partial charge on any atom is 0.338 e. The van der Waals surface area contributed by atoms with Gasteiger partial charge in [-0.3, -0.25) is 4.79 Å². The summed E-state index contributed by atoms with van der Waals surface area (Å²) in [6.45, 7) is 0.958. The molecule has 0 aliphatic carbocycles. The Bertz CT molecular complexity index is 469. The molecular formula is C14H16INO4. The average molecular weight is 389 g/mol. The van der Waals surface area contributed by atoms with Gasteiger partial charge in [-0.2, -0.15) is 0 Å². The zero-order valence-corrected chi connectivity index (χ0v) is 13.1. The van der Waals surface area contributed by atoms with Gasteiger partial charge in [0.2, 0.25) is 0 Å². The molecule has 0 radical (unpaired) electrons. The van der Waals surface area contributed by atoms with Crippen LogP contribution in [0.5, 0.6) is 0 Å². The minimum absolute atomic E-state index is 0.0888. The normalized spacial score (nSPS) is 17.8. The van der Waals surface area contributed by atoms with Crippen molar-refractivity contribution in [3.05, 3.63) is 33.4 Å². The van der Waals surface area contributed by atoms with E-state index >= 15 is 0 Å². The lowest BCUT2D eigenvalue weighted by molar-refractivity contribution is -0.124. The van der Waals surface area contributed by atoms with Crippen LogP contribution in [0.15, 0.2) is 24.3 Å². The lowest BCUT2D eigenvalue weighted by Gasteiger charge is -2.10. The van der Waals surface area contributed by atoms with Crippen molar-refractivity contribution in [2.75, 3.05) is 19.8 Å². The summed E-state index contributed by atoms with van der Waals surface area (Å²) in [7, 11) is 0. The van der Waals surface area contributed by atoms with E-state index in [0.717, 1.165) is 23.0 Å². The van der Waals surface area contributed by atoms with E-state index in [-0.39, 0.29) is 18.6 Å². The molecule has 108 valence electrons. The van der Waals surface area contributed by atoms with Crippen LogP contribution in [-0.4, -0.2) is 37.7 Å². The van der Waals surface area contributed by atoms with E-state index in [0.29, 0.717) is 12.1 Å². The monoisotopic (exact) mass is 389 g/mol. The smallest absolute Gasteiger partial charge is 0.338 e. The number of carbonyl (C=O) groups is 2. The van der Waals surface area contributed by atoms with Crippen molar-refractivity contribution in [1.82, 2.24) is 5.32 Å². The molecule has 0 bridgehead atoms. The van der Waals surface area contributed by atoms with Crippen molar-refractivity contribution in [2.24, 2.45) is 0 Å². The molecule has 1 N–H and O–H groups in total. The maximum atomic E-state index is 11.7. The molecule has 0 aromatic heterocycles. The number of nitrogens with one attached hydrogen (secondary N) is 1. The van der Waals surface area contributed by atoms with Gasteiger partial charge in [0, 0.05) is 16.7 Å². The minimum atomic E-state index is -0.492. The highest BCUT2D eigenvalue weighted by molar-refractivity contribution is 14.1. The number of carbonyl (C=O) groups excluding carboxylic acids is 2. The lowest BCUT2D eigenvalue weighted by atomic mass is 10.2. The SMILES string of the molecule is O=C(COC(=O)c1ccc(I)cc1)NC[C@@H]1CCCO1. The standard InChI is InChI=1S/C14H16INO4/c15-11-5-3-10(4-6-11)14(18)20-9-13(17)16-8-12-2-1-7-19-12/h3-6,12H,1-2,7-9H2,(H,16,17)/t12-/m0/s1. The first-order chi connectivity index (χ1) is 9.65.